The van der Waals surface area contributed by atoms with Crippen molar-refractivity contribution in [3.05, 3.63) is 30.3 Å². The van der Waals surface area contributed by atoms with Gasteiger partial charge < -0.3 is 25.2 Å². The Morgan fingerprint density at radius 3 is 2.91 bits per heavy atom. The molecule has 1 aromatic carbocycles. The van der Waals surface area contributed by atoms with E-state index in [4.69, 9.17) is 9.47 Å². The largest absolute Gasteiger partial charge is 0.389 e. The summed E-state index contributed by atoms with van der Waals surface area (Å²) in [4.78, 5) is 12.1. The average Bonchev–Trinajstić information content (AvgIpc) is 2.53. The van der Waals surface area contributed by atoms with Crippen molar-refractivity contribution < 1.29 is 19.4 Å². The van der Waals surface area contributed by atoms with Crippen LogP contribution >= 0.6 is 0 Å². The van der Waals surface area contributed by atoms with Crippen LogP contribution in [-0.2, 0) is 14.3 Å². The lowest BCUT2D eigenvalue weighted by Gasteiger charge is -2.38. The Bertz CT molecular complexity index is 511. The van der Waals surface area contributed by atoms with E-state index in [2.05, 4.69) is 10.6 Å². The van der Waals surface area contributed by atoms with Gasteiger partial charge in [0.2, 0.25) is 5.91 Å². The Kier molecular flexibility index (Phi) is 5.61. The zero-order valence-electron chi connectivity index (χ0n) is 13.1. The van der Waals surface area contributed by atoms with Gasteiger partial charge in [0, 0.05) is 18.3 Å². The molecular formula is C17H24N2O4. The Balaban J connectivity index is 1.49. The molecule has 23 heavy (non-hydrogen) atoms. The molecule has 2 aliphatic rings. The highest BCUT2D eigenvalue weighted by Crippen LogP contribution is 2.23. The summed E-state index contributed by atoms with van der Waals surface area (Å²) in [7, 11) is 0. The molecule has 1 amide bonds. The molecule has 4 atom stereocenters. The van der Waals surface area contributed by atoms with Crippen LogP contribution in [0, 0.1) is 0 Å². The standard InChI is InChI=1S/C17H24N2O4/c20-13-9-18-15-7-6-14(23-16(15)11-22-10-13)8-17(21)19-12-4-2-1-3-5-12/h1-5,13-16,18,20H,6-11H2,(H,19,21)/t13-,14+,15-,16+/m0/s1. The second-order valence-electron chi connectivity index (χ2n) is 6.20. The number of ether oxygens (including phenoxy) is 2. The molecule has 6 heteroatoms. The van der Waals surface area contributed by atoms with Crippen LogP contribution in [0.15, 0.2) is 30.3 Å². The Hall–Kier alpha value is -1.47. The van der Waals surface area contributed by atoms with Gasteiger partial charge in [-0.1, -0.05) is 18.2 Å². The predicted octanol–water partition coefficient (Wildman–Crippen LogP) is 0.912. The second kappa shape index (κ2) is 7.88. The van der Waals surface area contributed by atoms with E-state index < -0.39 is 6.10 Å². The van der Waals surface area contributed by atoms with Crippen LogP contribution < -0.4 is 10.6 Å². The van der Waals surface area contributed by atoms with Crippen molar-refractivity contribution in [1.82, 2.24) is 5.32 Å². The average molecular weight is 320 g/mol. The van der Waals surface area contributed by atoms with E-state index in [9.17, 15) is 9.90 Å². The zero-order chi connectivity index (χ0) is 16.1. The lowest BCUT2D eigenvalue weighted by atomic mass is 9.96. The summed E-state index contributed by atoms with van der Waals surface area (Å²) in [5, 5.41) is 15.9. The van der Waals surface area contributed by atoms with Crippen LogP contribution in [0.3, 0.4) is 0 Å². The molecule has 0 radical (unpaired) electrons. The smallest absolute Gasteiger partial charge is 0.226 e. The van der Waals surface area contributed by atoms with E-state index in [-0.39, 0.29) is 24.2 Å². The van der Waals surface area contributed by atoms with Crippen LogP contribution in [0.1, 0.15) is 19.3 Å². The van der Waals surface area contributed by atoms with Crippen molar-refractivity contribution in [3.63, 3.8) is 0 Å². The molecule has 0 aliphatic carbocycles. The Morgan fingerprint density at radius 1 is 1.26 bits per heavy atom. The van der Waals surface area contributed by atoms with Crippen molar-refractivity contribution >= 4 is 11.6 Å². The number of anilines is 1. The van der Waals surface area contributed by atoms with Crippen LogP contribution in [0.4, 0.5) is 5.69 Å². The highest BCUT2D eigenvalue weighted by Gasteiger charge is 2.33. The lowest BCUT2D eigenvalue weighted by molar-refractivity contribution is -0.134. The predicted molar refractivity (Wildman–Crippen MR) is 86.2 cm³/mol. The number of β-amino-alcohol motifs (C(OH)–C–C–N with tert-alkyl or cyclic N) is 1. The molecule has 0 spiro atoms. The van der Waals surface area contributed by atoms with Gasteiger partial charge in [-0.2, -0.15) is 0 Å². The number of rotatable bonds is 3. The van der Waals surface area contributed by atoms with Gasteiger partial charge >= 0.3 is 0 Å². The van der Waals surface area contributed by atoms with Crippen LogP contribution in [0.25, 0.3) is 0 Å². The molecule has 0 unspecified atom stereocenters. The molecule has 2 heterocycles. The fourth-order valence-electron chi connectivity index (χ4n) is 3.11. The van der Waals surface area contributed by atoms with Crippen LogP contribution in [0.5, 0.6) is 0 Å². The summed E-state index contributed by atoms with van der Waals surface area (Å²) < 4.78 is 11.5. The number of hydrogen-bond acceptors (Lipinski definition) is 5. The van der Waals surface area contributed by atoms with E-state index in [1.807, 2.05) is 30.3 Å². The first kappa shape index (κ1) is 16.4. The summed E-state index contributed by atoms with van der Waals surface area (Å²) in [5.41, 5.74) is 0.802. The van der Waals surface area contributed by atoms with Crippen LogP contribution in [-0.4, -0.2) is 55.1 Å². The number of fused-ring (bicyclic) bond motifs is 1. The number of benzene rings is 1. The fourth-order valence-corrected chi connectivity index (χ4v) is 3.11. The third-order valence-electron chi connectivity index (χ3n) is 4.29. The minimum absolute atomic E-state index is 0.0326. The summed E-state index contributed by atoms with van der Waals surface area (Å²) in [6, 6.07) is 9.62. The fraction of sp³-hybridized carbons (Fsp3) is 0.588. The first-order valence-corrected chi connectivity index (χ1v) is 8.20. The van der Waals surface area contributed by atoms with Crippen molar-refractivity contribution in [2.75, 3.05) is 25.1 Å². The van der Waals surface area contributed by atoms with Gasteiger partial charge in [0.1, 0.15) is 0 Å². The summed E-state index contributed by atoms with van der Waals surface area (Å²) in [5.74, 6) is -0.0326. The topological polar surface area (TPSA) is 79.8 Å². The summed E-state index contributed by atoms with van der Waals surface area (Å²) in [6.45, 7) is 1.29. The Labute approximate surface area is 136 Å². The number of carbonyl (C=O) groups excluding carboxylic acids is 1. The highest BCUT2D eigenvalue weighted by molar-refractivity contribution is 5.90. The van der Waals surface area contributed by atoms with Crippen molar-refractivity contribution in [3.8, 4) is 0 Å². The monoisotopic (exact) mass is 320 g/mol. The lowest BCUT2D eigenvalue weighted by Crippen LogP contribution is -2.53. The normalized spacial score (nSPS) is 31.5. The molecule has 3 N–H and O–H groups in total. The molecule has 2 fully saturated rings. The molecule has 0 aromatic heterocycles. The number of para-hydroxylation sites is 1. The van der Waals surface area contributed by atoms with Gasteiger partial charge in [-0.25, -0.2) is 0 Å². The number of carbonyl (C=O) groups is 1. The third-order valence-corrected chi connectivity index (χ3v) is 4.29. The van der Waals surface area contributed by atoms with Gasteiger partial charge in [0.15, 0.2) is 0 Å². The zero-order valence-corrected chi connectivity index (χ0v) is 13.1. The first-order chi connectivity index (χ1) is 11.2. The molecule has 6 nitrogen and oxygen atoms in total. The molecule has 0 saturated carbocycles. The van der Waals surface area contributed by atoms with E-state index in [0.29, 0.717) is 26.2 Å². The molecular weight excluding hydrogens is 296 g/mol. The molecule has 3 rings (SSSR count). The highest BCUT2D eigenvalue weighted by atomic mass is 16.5. The Morgan fingerprint density at radius 2 is 2.09 bits per heavy atom. The molecule has 2 aliphatic heterocycles. The van der Waals surface area contributed by atoms with Gasteiger partial charge in [-0.05, 0) is 25.0 Å². The van der Waals surface area contributed by atoms with E-state index >= 15 is 0 Å². The maximum absolute atomic E-state index is 12.1. The minimum Gasteiger partial charge on any atom is -0.389 e. The van der Waals surface area contributed by atoms with E-state index in [1.165, 1.54) is 0 Å². The number of hydrogen-bond donors (Lipinski definition) is 3. The maximum atomic E-state index is 12.1. The van der Waals surface area contributed by atoms with E-state index in [1.54, 1.807) is 0 Å². The summed E-state index contributed by atoms with van der Waals surface area (Å²) >= 11 is 0. The van der Waals surface area contributed by atoms with Crippen molar-refractivity contribution in [2.24, 2.45) is 0 Å². The molecule has 126 valence electrons. The maximum Gasteiger partial charge on any atom is 0.226 e. The SMILES string of the molecule is O=C(C[C@H]1CC[C@@H]2NC[C@H](O)COC[C@H]2O1)Nc1ccccc1. The summed E-state index contributed by atoms with van der Waals surface area (Å²) in [6.07, 6.45) is 1.47. The number of nitrogens with one attached hydrogen (secondary N) is 2. The molecule has 1 aromatic rings. The minimum atomic E-state index is -0.467. The van der Waals surface area contributed by atoms with Gasteiger partial charge in [0.25, 0.3) is 0 Å². The first-order valence-electron chi connectivity index (χ1n) is 8.20. The number of aliphatic hydroxyl groups is 1. The quantitative estimate of drug-likeness (QED) is 0.771. The second-order valence-corrected chi connectivity index (χ2v) is 6.20. The van der Waals surface area contributed by atoms with Gasteiger partial charge in [0.05, 0.1) is 37.9 Å². The van der Waals surface area contributed by atoms with Crippen molar-refractivity contribution in [2.45, 2.75) is 43.6 Å². The van der Waals surface area contributed by atoms with Crippen molar-refractivity contribution in [1.29, 1.82) is 0 Å². The van der Waals surface area contributed by atoms with Crippen LogP contribution in [0.2, 0.25) is 0 Å². The number of aliphatic hydroxyl groups excluding tert-OH is 1. The van der Waals surface area contributed by atoms with Gasteiger partial charge in [-0.3, -0.25) is 4.79 Å². The van der Waals surface area contributed by atoms with Gasteiger partial charge in [-0.15, -0.1) is 0 Å². The molecule has 0 bridgehead atoms. The third kappa shape index (κ3) is 4.75. The van der Waals surface area contributed by atoms with E-state index in [0.717, 1.165) is 18.5 Å². The number of amides is 1. The molecule has 2 saturated heterocycles.